The molecule has 0 atom stereocenters. The zero-order valence-electron chi connectivity index (χ0n) is 31.0. The van der Waals surface area contributed by atoms with Crippen LogP contribution in [0.25, 0.3) is 43.8 Å². The zero-order chi connectivity index (χ0) is 36.7. The Labute approximate surface area is 322 Å². The molecule has 1 heteroatoms. The van der Waals surface area contributed by atoms with Crippen molar-refractivity contribution in [2.75, 3.05) is 4.90 Å². The third-order valence-corrected chi connectivity index (χ3v) is 12.5. The van der Waals surface area contributed by atoms with Crippen molar-refractivity contribution in [2.45, 2.75) is 24.7 Å². The largest absolute Gasteiger partial charge is 0.310 e. The van der Waals surface area contributed by atoms with Gasteiger partial charge in [-0.15, -0.1) is 0 Å². The lowest BCUT2D eigenvalue weighted by molar-refractivity contribution is 0.660. The van der Waals surface area contributed by atoms with E-state index in [9.17, 15) is 0 Å². The molecule has 9 aromatic rings. The van der Waals surface area contributed by atoms with Crippen LogP contribution in [-0.2, 0) is 10.8 Å². The number of benzene rings is 9. The summed E-state index contributed by atoms with van der Waals surface area (Å²) in [5.74, 6) is 0. The van der Waals surface area contributed by atoms with Gasteiger partial charge in [0.25, 0.3) is 0 Å². The predicted molar refractivity (Wildman–Crippen MR) is 231 cm³/mol. The molecule has 0 saturated carbocycles. The van der Waals surface area contributed by atoms with Crippen LogP contribution >= 0.6 is 0 Å². The molecular formula is C54H39N. The number of anilines is 3. The van der Waals surface area contributed by atoms with Gasteiger partial charge in [-0.3, -0.25) is 0 Å². The molecule has 2 aliphatic rings. The van der Waals surface area contributed by atoms with Crippen molar-refractivity contribution < 1.29 is 0 Å². The molecule has 0 aromatic heterocycles. The molecular weight excluding hydrogens is 663 g/mol. The van der Waals surface area contributed by atoms with Crippen molar-refractivity contribution in [1.29, 1.82) is 0 Å². The highest BCUT2D eigenvalue weighted by Crippen LogP contribution is 2.58. The molecule has 0 heterocycles. The van der Waals surface area contributed by atoms with Gasteiger partial charge in [-0.05, 0) is 114 Å². The Bertz CT molecular complexity index is 2920. The highest BCUT2D eigenvalue weighted by molar-refractivity contribution is 6.09. The summed E-state index contributed by atoms with van der Waals surface area (Å²) in [6, 6.07) is 74.7. The second kappa shape index (κ2) is 11.9. The minimum atomic E-state index is -0.489. The van der Waals surface area contributed by atoms with Gasteiger partial charge in [0, 0.05) is 22.5 Å². The fourth-order valence-electron chi connectivity index (χ4n) is 10.00. The number of rotatable bonds is 5. The van der Waals surface area contributed by atoms with Crippen LogP contribution in [0.1, 0.15) is 47.2 Å². The maximum Gasteiger partial charge on any atom is 0.0714 e. The topological polar surface area (TPSA) is 3.24 Å². The Morgan fingerprint density at radius 2 is 0.818 bits per heavy atom. The first kappa shape index (κ1) is 31.8. The highest BCUT2D eigenvalue weighted by Gasteiger charge is 2.46. The molecule has 2 aliphatic carbocycles. The van der Waals surface area contributed by atoms with E-state index in [2.05, 4.69) is 219 Å². The van der Waals surface area contributed by atoms with Crippen LogP contribution in [0.2, 0.25) is 0 Å². The number of hydrogen-bond acceptors (Lipinski definition) is 1. The molecule has 0 N–H and O–H groups in total. The molecule has 0 spiro atoms. The number of hydrogen-bond donors (Lipinski definition) is 0. The standard InChI is InChI=1S/C54H39N/c1-53(2)49-23-13-11-22-45(49)48-34-41(30-32-50(48)53)55(40-28-27-37-26-25-36-15-9-10-20-43(36)47(37)33-40)42-29-31-46-44-21-12-14-24-51(44)54(52(46)35-42,38-16-5-3-6-17-38)39-18-7-4-8-19-39/h3-35H,1-2H3. The minimum absolute atomic E-state index is 0.0680. The molecule has 0 saturated heterocycles. The first-order valence-corrected chi connectivity index (χ1v) is 19.3. The molecule has 9 aromatic carbocycles. The summed E-state index contributed by atoms with van der Waals surface area (Å²) in [5.41, 5.74) is 16.0. The summed E-state index contributed by atoms with van der Waals surface area (Å²) in [7, 11) is 0. The van der Waals surface area contributed by atoms with E-state index in [1.165, 1.54) is 77.2 Å². The second-order valence-corrected chi connectivity index (χ2v) is 15.7. The van der Waals surface area contributed by atoms with Crippen LogP contribution in [0.15, 0.2) is 200 Å². The zero-order valence-corrected chi connectivity index (χ0v) is 31.0. The smallest absolute Gasteiger partial charge is 0.0714 e. The Morgan fingerprint density at radius 1 is 0.327 bits per heavy atom. The van der Waals surface area contributed by atoms with E-state index in [1.54, 1.807) is 0 Å². The van der Waals surface area contributed by atoms with Gasteiger partial charge in [0.2, 0.25) is 0 Å². The lowest BCUT2D eigenvalue weighted by Crippen LogP contribution is -2.28. The van der Waals surface area contributed by atoms with Crippen molar-refractivity contribution in [3.05, 3.63) is 234 Å². The van der Waals surface area contributed by atoms with Crippen molar-refractivity contribution in [1.82, 2.24) is 0 Å². The first-order valence-electron chi connectivity index (χ1n) is 19.3. The molecule has 55 heavy (non-hydrogen) atoms. The third-order valence-electron chi connectivity index (χ3n) is 12.5. The Balaban J connectivity index is 1.20. The van der Waals surface area contributed by atoms with Gasteiger partial charge in [0.1, 0.15) is 0 Å². The Kier molecular flexibility index (Phi) is 6.88. The average Bonchev–Trinajstić information content (AvgIpc) is 3.67. The number of fused-ring (bicyclic) bond motifs is 9. The Hall–Kier alpha value is -6.70. The normalized spacial score (nSPS) is 14.3. The van der Waals surface area contributed by atoms with Crippen molar-refractivity contribution >= 4 is 38.6 Å². The average molecular weight is 702 g/mol. The van der Waals surface area contributed by atoms with E-state index in [1.807, 2.05) is 0 Å². The summed E-state index contributed by atoms with van der Waals surface area (Å²) in [5, 5.41) is 5.01. The van der Waals surface area contributed by atoms with Gasteiger partial charge in [-0.2, -0.15) is 0 Å². The summed E-state index contributed by atoms with van der Waals surface area (Å²) < 4.78 is 0. The summed E-state index contributed by atoms with van der Waals surface area (Å²) >= 11 is 0. The SMILES string of the molecule is CC1(C)c2ccccc2-c2cc(N(c3ccc4c(c3)C(c3ccccc3)(c3ccccc3)c3ccccc3-4)c3ccc4ccc5ccccc5c4c3)ccc21. The van der Waals surface area contributed by atoms with Crippen LogP contribution in [0.3, 0.4) is 0 Å². The molecule has 260 valence electrons. The van der Waals surface area contributed by atoms with Gasteiger partial charge in [0.05, 0.1) is 5.41 Å². The van der Waals surface area contributed by atoms with E-state index >= 15 is 0 Å². The molecule has 11 rings (SSSR count). The molecule has 1 nitrogen and oxygen atoms in total. The molecule has 0 fully saturated rings. The van der Waals surface area contributed by atoms with E-state index in [-0.39, 0.29) is 5.41 Å². The summed E-state index contributed by atoms with van der Waals surface area (Å²) in [6.07, 6.45) is 0. The van der Waals surface area contributed by atoms with E-state index in [0.717, 1.165) is 17.1 Å². The van der Waals surface area contributed by atoms with E-state index in [4.69, 9.17) is 0 Å². The quantitative estimate of drug-likeness (QED) is 0.162. The van der Waals surface area contributed by atoms with Gasteiger partial charge >= 0.3 is 0 Å². The minimum Gasteiger partial charge on any atom is -0.310 e. The van der Waals surface area contributed by atoms with E-state index in [0.29, 0.717) is 0 Å². The maximum absolute atomic E-state index is 2.49. The fraction of sp³-hybridized carbons (Fsp3) is 0.0741. The molecule has 0 bridgehead atoms. The van der Waals surface area contributed by atoms with Crippen LogP contribution < -0.4 is 4.90 Å². The van der Waals surface area contributed by atoms with Crippen LogP contribution in [0, 0.1) is 0 Å². The molecule has 0 unspecified atom stereocenters. The van der Waals surface area contributed by atoms with Crippen molar-refractivity contribution in [2.24, 2.45) is 0 Å². The summed E-state index contributed by atoms with van der Waals surface area (Å²) in [6.45, 7) is 4.71. The van der Waals surface area contributed by atoms with Gasteiger partial charge in [-0.1, -0.05) is 178 Å². The van der Waals surface area contributed by atoms with Crippen molar-refractivity contribution in [3.8, 4) is 22.3 Å². The fourth-order valence-corrected chi connectivity index (χ4v) is 10.00. The molecule has 0 aliphatic heterocycles. The lowest BCUT2D eigenvalue weighted by atomic mass is 9.67. The maximum atomic E-state index is 2.49. The van der Waals surface area contributed by atoms with Crippen LogP contribution in [0.4, 0.5) is 17.1 Å². The second-order valence-electron chi connectivity index (χ2n) is 15.7. The van der Waals surface area contributed by atoms with Crippen molar-refractivity contribution in [3.63, 3.8) is 0 Å². The number of nitrogens with zero attached hydrogens (tertiary/aromatic N) is 1. The monoisotopic (exact) mass is 701 g/mol. The predicted octanol–water partition coefficient (Wildman–Crippen LogP) is 14.1. The van der Waals surface area contributed by atoms with E-state index < -0.39 is 5.41 Å². The third kappa shape index (κ3) is 4.53. The Morgan fingerprint density at radius 3 is 1.56 bits per heavy atom. The summed E-state index contributed by atoms with van der Waals surface area (Å²) in [4.78, 5) is 2.49. The lowest BCUT2D eigenvalue weighted by Gasteiger charge is -2.35. The van der Waals surface area contributed by atoms with Gasteiger partial charge in [-0.25, -0.2) is 0 Å². The van der Waals surface area contributed by atoms with Gasteiger partial charge < -0.3 is 4.90 Å². The van der Waals surface area contributed by atoms with Crippen LogP contribution in [-0.4, -0.2) is 0 Å². The first-order chi connectivity index (χ1) is 27.0. The molecule has 0 radical (unpaired) electrons. The molecule has 0 amide bonds. The highest BCUT2D eigenvalue weighted by atomic mass is 15.1. The van der Waals surface area contributed by atoms with Gasteiger partial charge in [0.15, 0.2) is 0 Å². The van der Waals surface area contributed by atoms with Crippen LogP contribution in [0.5, 0.6) is 0 Å².